The van der Waals surface area contributed by atoms with E-state index in [1.165, 1.54) is 4.90 Å². The molecule has 0 saturated carbocycles. The Morgan fingerprint density at radius 3 is 2.24 bits per heavy atom. The van der Waals surface area contributed by atoms with Crippen LogP contribution in [0, 0.1) is 5.92 Å². The lowest BCUT2D eigenvalue weighted by Crippen LogP contribution is -2.35. The third kappa shape index (κ3) is 9.74. The van der Waals surface area contributed by atoms with Gasteiger partial charge in [0.25, 0.3) is 0 Å². The first-order valence-electron chi connectivity index (χ1n) is 14.4. The Morgan fingerprint density at radius 2 is 1.63 bits per heavy atom. The van der Waals surface area contributed by atoms with Gasteiger partial charge in [-0.1, -0.05) is 31.9 Å². The molecule has 2 aromatic carbocycles. The molecule has 2 atom stereocenters. The number of anilines is 1. The van der Waals surface area contributed by atoms with E-state index in [9.17, 15) is 18.0 Å². The number of carboxylic acids is 2. The molecule has 0 fully saturated rings. The molecule has 0 aromatic heterocycles. The Morgan fingerprint density at radius 1 is 0.951 bits per heavy atom. The standard InChI is InChI=1S/C31H44N2O7S/c1-4-5-9-23-18-27(28-19-25(32(2)3)12-15-29(28)41(38,39)22-23)24-10-13-26(14-11-24)40-17-8-6-7-16-33(20-30(34)35)21-31(36)37/h10-15,19,23,27H,4-9,16-18,20-22H2,1-3H3,(H,34,35)(H,36,37)/t23?,27-/m1/s1. The number of nitrogens with zero attached hydrogens (tertiary/aromatic N) is 2. The zero-order valence-electron chi connectivity index (χ0n) is 24.4. The summed E-state index contributed by atoms with van der Waals surface area (Å²) in [6.45, 7) is 2.45. The molecule has 0 aliphatic carbocycles. The number of ether oxygens (including phenoxy) is 1. The van der Waals surface area contributed by atoms with Gasteiger partial charge in [0.1, 0.15) is 5.75 Å². The molecule has 0 amide bonds. The van der Waals surface area contributed by atoms with Gasteiger partial charge in [-0.2, -0.15) is 0 Å². The Hall–Kier alpha value is -3.11. The van der Waals surface area contributed by atoms with E-state index in [-0.39, 0.29) is 30.7 Å². The second-order valence-electron chi connectivity index (χ2n) is 11.2. The first kappa shape index (κ1) is 32.4. The van der Waals surface area contributed by atoms with Gasteiger partial charge in [0.2, 0.25) is 0 Å². The minimum Gasteiger partial charge on any atom is -0.494 e. The van der Waals surface area contributed by atoms with Gasteiger partial charge in [0, 0.05) is 25.7 Å². The van der Waals surface area contributed by atoms with Crippen LogP contribution in [0.15, 0.2) is 47.4 Å². The maximum absolute atomic E-state index is 13.4. The van der Waals surface area contributed by atoms with Crippen molar-refractivity contribution in [2.24, 2.45) is 5.92 Å². The van der Waals surface area contributed by atoms with E-state index in [1.54, 1.807) is 6.07 Å². The topological polar surface area (TPSA) is 124 Å². The summed E-state index contributed by atoms with van der Waals surface area (Å²) in [5.41, 5.74) is 2.92. The Balaban J connectivity index is 1.66. The maximum atomic E-state index is 13.4. The van der Waals surface area contributed by atoms with Gasteiger partial charge in [-0.3, -0.25) is 14.5 Å². The summed E-state index contributed by atoms with van der Waals surface area (Å²) < 4.78 is 32.8. The first-order chi connectivity index (χ1) is 19.5. The first-order valence-corrected chi connectivity index (χ1v) is 16.1. The van der Waals surface area contributed by atoms with Crippen LogP contribution in [0.4, 0.5) is 5.69 Å². The number of benzene rings is 2. The molecule has 2 N–H and O–H groups in total. The lowest BCUT2D eigenvalue weighted by atomic mass is 9.82. The van der Waals surface area contributed by atoms with Crippen molar-refractivity contribution in [2.45, 2.75) is 62.7 Å². The molecule has 0 saturated heterocycles. The van der Waals surface area contributed by atoms with Gasteiger partial charge in [0.05, 0.1) is 30.3 Å². The normalized spacial score (nSPS) is 18.0. The number of rotatable bonds is 16. The van der Waals surface area contributed by atoms with E-state index in [0.717, 1.165) is 61.1 Å². The quantitative estimate of drug-likeness (QED) is 0.264. The Kier molecular flexibility index (Phi) is 12.0. The van der Waals surface area contributed by atoms with Gasteiger partial charge in [-0.05, 0) is 86.0 Å². The van der Waals surface area contributed by atoms with Crippen LogP contribution in [0.2, 0.25) is 0 Å². The number of fused-ring (bicyclic) bond motifs is 1. The van der Waals surface area contributed by atoms with Crippen molar-refractivity contribution >= 4 is 27.5 Å². The van der Waals surface area contributed by atoms with Crippen molar-refractivity contribution in [3.8, 4) is 5.75 Å². The summed E-state index contributed by atoms with van der Waals surface area (Å²) in [6.07, 6.45) is 5.95. The SMILES string of the molecule is CCCCC1C[C@H](c2ccc(OCCCCCN(CC(=O)O)CC(=O)O)cc2)c2cc(N(C)C)ccc2S(=O)(=O)C1. The van der Waals surface area contributed by atoms with Crippen LogP contribution in [0.1, 0.15) is 68.9 Å². The van der Waals surface area contributed by atoms with E-state index in [1.807, 2.05) is 55.4 Å². The maximum Gasteiger partial charge on any atom is 0.317 e. The zero-order valence-corrected chi connectivity index (χ0v) is 25.2. The van der Waals surface area contributed by atoms with Crippen LogP contribution in [0.25, 0.3) is 0 Å². The van der Waals surface area contributed by atoms with Crippen molar-refractivity contribution in [2.75, 3.05) is 51.0 Å². The number of carbonyl (C=O) groups is 2. The molecular formula is C31H44N2O7S. The highest BCUT2D eigenvalue weighted by atomic mass is 32.2. The Labute approximate surface area is 244 Å². The summed E-state index contributed by atoms with van der Waals surface area (Å²) in [7, 11) is 0.526. The molecule has 1 heterocycles. The molecule has 0 spiro atoms. The van der Waals surface area contributed by atoms with Crippen molar-refractivity contribution < 1.29 is 33.0 Å². The summed E-state index contributed by atoms with van der Waals surface area (Å²) in [6, 6.07) is 13.6. The lowest BCUT2D eigenvalue weighted by molar-refractivity contribution is -0.141. The fraction of sp³-hybridized carbons (Fsp3) is 0.548. The number of unbranched alkanes of at least 4 members (excludes halogenated alkanes) is 3. The second kappa shape index (κ2) is 15.2. The molecule has 0 radical (unpaired) electrons. The molecule has 1 aliphatic heterocycles. The molecule has 1 unspecified atom stereocenters. The summed E-state index contributed by atoms with van der Waals surface area (Å²) in [5, 5.41) is 17.9. The van der Waals surface area contributed by atoms with Crippen LogP contribution in [-0.4, -0.2) is 81.6 Å². The van der Waals surface area contributed by atoms with E-state index in [2.05, 4.69) is 6.92 Å². The lowest BCUT2D eigenvalue weighted by Gasteiger charge is -2.23. The van der Waals surface area contributed by atoms with Gasteiger partial charge in [0.15, 0.2) is 9.84 Å². The molecule has 3 rings (SSSR count). The molecule has 9 nitrogen and oxygen atoms in total. The number of sulfone groups is 1. The third-order valence-corrected chi connectivity index (χ3v) is 9.55. The van der Waals surface area contributed by atoms with Crippen LogP contribution in [0.3, 0.4) is 0 Å². The summed E-state index contributed by atoms with van der Waals surface area (Å²) in [5.74, 6) is -1.10. The van der Waals surface area contributed by atoms with Crippen molar-refractivity contribution in [1.29, 1.82) is 0 Å². The molecular weight excluding hydrogens is 544 g/mol. The van der Waals surface area contributed by atoms with E-state index in [4.69, 9.17) is 14.9 Å². The third-order valence-electron chi connectivity index (χ3n) is 7.60. The predicted octanol–water partition coefficient (Wildman–Crippen LogP) is 4.89. The minimum atomic E-state index is -3.39. The largest absolute Gasteiger partial charge is 0.494 e. The van der Waals surface area contributed by atoms with Crippen LogP contribution in [-0.2, 0) is 19.4 Å². The van der Waals surface area contributed by atoms with E-state index < -0.39 is 21.8 Å². The van der Waals surface area contributed by atoms with Gasteiger partial charge in [-0.15, -0.1) is 0 Å². The van der Waals surface area contributed by atoms with Crippen molar-refractivity contribution in [3.05, 3.63) is 53.6 Å². The van der Waals surface area contributed by atoms with E-state index in [0.29, 0.717) is 24.5 Å². The van der Waals surface area contributed by atoms with Crippen molar-refractivity contribution in [1.82, 2.24) is 4.90 Å². The van der Waals surface area contributed by atoms with Crippen LogP contribution in [0.5, 0.6) is 5.75 Å². The average Bonchev–Trinajstić information content (AvgIpc) is 3.02. The number of hydrogen-bond acceptors (Lipinski definition) is 7. The monoisotopic (exact) mass is 588 g/mol. The predicted molar refractivity (Wildman–Crippen MR) is 160 cm³/mol. The highest BCUT2D eigenvalue weighted by Gasteiger charge is 2.34. The van der Waals surface area contributed by atoms with Crippen molar-refractivity contribution in [3.63, 3.8) is 0 Å². The molecule has 2 aromatic rings. The number of aliphatic carboxylic acids is 2. The van der Waals surface area contributed by atoms with Gasteiger partial charge < -0.3 is 19.8 Å². The highest BCUT2D eigenvalue weighted by Crippen LogP contribution is 2.42. The Bertz CT molecular complexity index is 1250. The van der Waals surface area contributed by atoms with Gasteiger partial charge in [-0.25, -0.2) is 8.42 Å². The smallest absolute Gasteiger partial charge is 0.317 e. The second-order valence-corrected chi connectivity index (χ2v) is 13.2. The van der Waals surface area contributed by atoms with Gasteiger partial charge >= 0.3 is 11.9 Å². The summed E-state index contributed by atoms with van der Waals surface area (Å²) >= 11 is 0. The number of carboxylic acid groups (broad SMARTS) is 2. The molecule has 0 bridgehead atoms. The van der Waals surface area contributed by atoms with Crippen LogP contribution >= 0.6 is 0 Å². The number of hydrogen-bond donors (Lipinski definition) is 2. The molecule has 1 aliphatic rings. The van der Waals surface area contributed by atoms with E-state index >= 15 is 0 Å². The molecule has 226 valence electrons. The highest BCUT2D eigenvalue weighted by molar-refractivity contribution is 7.91. The average molecular weight is 589 g/mol. The molecule has 10 heteroatoms. The van der Waals surface area contributed by atoms with Crippen LogP contribution < -0.4 is 9.64 Å². The molecule has 41 heavy (non-hydrogen) atoms. The minimum absolute atomic E-state index is 0.0300. The fourth-order valence-corrected chi connectivity index (χ4v) is 7.44. The summed E-state index contributed by atoms with van der Waals surface area (Å²) in [4.78, 5) is 25.7. The zero-order chi connectivity index (χ0) is 30.0. The fourth-order valence-electron chi connectivity index (χ4n) is 5.50.